The van der Waals surface area contributed by atoms with Crippen LogP contribution >= 0.6 is 15.9 Å². The number of halogens is 1. The van der Waals surface area contributed by atoms with Crippen LogP contribution in [-0.2, 0) is 13.0 Å². The molecule has 6 nitrogen and oxygen atoms in total. The molecular weight excluding hydrogens is 458 g/mol. The average molecular weight is 480 g/mol. The van der Waals surface area contributed by atoms with Gasteiger partial charge in [-0.2, -0.15) is 5.10 Å². The van der Waals surface area contributed by atoms with Gasteiger partial charge in [0.1, 0.15) is 5.76 Å². The van der Waals surface area contributed by atoms with Gasteiger partial charge in [0.15, 0.2) is 5.76 Å². The highest BCUT2D eigenvalue weighted by atomic mass is 79.9. The van der Waals surface area contributed by atoms with Crippen molar-refractivity contribution in [2.75, 3.05) is 0 Å². The number of fused-ring (bicyclic) bond motifs is 1. The molecule has 2 amide bonds. The van der Waals surface area contributed by atoms with Gasteiger partial charge >= 0.3 is 0 Å². The van der Waals surface area contributed by atoms with Crippen molar-refractivity contribution in [1.29, 1.82) is 0 Å². The van der Waals surface area contributed by atoms with E-state index in [0.717, 1.165) is 45.5 Å². The quantitative estimate of drug-likeness (QED) is 0.517. The Morgan fingerprint density at radius 2 is 1.77 bits per heavy atom. The van der Waals surface area contributed by atoms with Crippen LogP contribution in [0.15, 0.2) is 68.6 Å². The number of hydrazone groups is 1. The molecular formula is C24H22BrN3O3. The van der Waals surface area contributed by atoms with Gasteiger partial charge in [-0.25, -0.2) is 5.43 Å². The van der Waals surface area contributed by atoms with Gasteiger partial charge in [0.25, 0.3) is 11.8 Å². The van der Waals surface area contributed by atoms with Crippen molar-refractivity contribution in [3.8, 4) is 0 Å². The molecule has 0 fully saturated rings. The highest BCUT2D eigenvalue weighted by molar-refractivity contribution is 9.10. The Balaban J connectivity index is 1.51. The molecule has 0 atom stereocenters. The topological polar surface area (TPSA) is 83.7 Å². The summed E-state index contributed by atoms with van der Waals surface area (Å²) < 4.78 is 6.81. The maximum absolute atomic E-state index is 12.7. The number of hydrogen-bond donors (Lipinski definition) is 2. The molecule has 158 valence electrons. The van der Waals surface area contributed by atoms with Gasteiger partial charge in [0.2, 0.25) is 0 Å². The summed E-state index contributed by atoms with van der Waals surface area (Å²) in [5, 5.41) is 7.27. The fourth-order valence-corrected chi connectivity index (χ4v) is 3.90. The number of carbonyl (C=O) groups is 2. The van der Waals surface area contributed by atoms with Crippen LogP contribution in [-0.4, -0.2) is 17.5 Å². The summed E-state index contributed by atoms with van der Waals surface area (Å²) in [6.07, 6.45) is 2.29. The minimum Gasteiger partial charge on any atom is -0.455 e. The van der Waals surface area contributed by atoms with Crippen molar-refractivity contribution >= 4 is 33.5 Å². The molecule has 4 rings (SSSR count). The zero-order valence-corrected chi connectivity index (χ0v) is 18.7. The fraction of sp³-hybridized carbons (Fsp3) is 0.208. The number of benzene rings is 2. The Bertz CT molecular complexity index is 1130. The van der Waals surface area contributed by atoms with E-state index in [1.165, 1.54) is 0 Å². The second kappa shape index (κ2) is 9.31. The number of hydrogen-bond acceptors (Lipinski definition) is 4. The van der Waals surface area contributed by atoms with E-state index in [0.29, 0.717) is 24.3 Å². The van der Waals surface area contributed by atoms with Gasteiger partial charge < -0.3 is 9.73 Å². The van der Waals surface area contributed by atoms with Crippen molar-refractivity contribution < 1.29 is 14.0 Å². The van der Waals surface area contributed by atoms with Crippen molar-refractivity contribution in [1.82, 2.24) is 10.7 Å². The van der Waals surface area contributed by atoms with Gasteiger partial charge in [0.05, 0.1) is 5.71 Å². The summed E-state index contributed by atoms with van der Waals surface area (Å²) >= 11 is 3.36. The van der Waals surface area contributed by atoms with Crippen LogP contribution in [0.1, 0.15) is 56.2 Å². The molecule has 1 heterocycles. The number of furan rings is 1. The molecule has 1 aliphatic carbocycles. The molecule has 0 aliphatic heterocycles. The second-order valence-electron chi connectivity index (χ2n) is 7.38. The van der Waals surface area contributed by atoms with Gasteiger partial charge in [-0.1, -0.05) is 46.3 Å². The molecule has 7 heteroatoms. The van der Waals surface area contributed by atoms with Crippen LogP contribution < -0.4 is 10.7 Å². The second-order valence-corrected chi connectivity index (χ2v) is 8.30. The predicted molar refractivity (Wildman–Crippen MR) is 122 cm³/mol. The molecule has 0 unspecified atom stereocenters. The SMILES string of the molecule is Cc1c(C(=O)NCc2ccccc2)oc2c1/C(=N/NC(=O)c1ccc(Br)cc1)CCC2. The molecule has 0 radical (unpaired) electrons. The zero-order chi connectivity index (χ0) is 21.8. The lowest BCUT2D eigenvalue weighted by atomic mass is 9.93. The average Bonchev–Trinajstić information content (AvgIpc) is 3.14. The van der Waals surface area contributed by atoms with Crippen molar-refractivity contribution in [2.24, 2.45) is 5.10 Å². The molecule has 1 aliphatic rings. The first kappa shape index (κ1) is 21.1. The Morgan fingerprint density at radius 3 is 2.52 bits per heavy atom. The zero-order valence-electron chi connectivity index (χ0n) is 17.1. The first-order chi connectivity index (χ1) is 15.0. The lowest BCUT2D eigenvalue weighted by Gasteiger charge is -2.13. The molecule has 1 aromatic heterocycles. The fourth-order valence-electron chi connectivity index (χ4n) is 3.64. The molecule has 0 spiro atoms. The van der Waals surface area contributed by atoms with E-state index in [9.17, 15) is 9.59 Å². The van der Waals surface area contributed by atoms with E-state index < -0.39 is 0 Å². The maximum Gasteiger partial charge on any atom is 0.287 e. The van der Waals surface area contributed by atoms with Crippen LogP contribution in [0.2, 0.25) is 0 Å². The van der Waals surface area contributed by atoms with Crippen molar-refractivity contribution in [3.05, 3.63) is 92.8 Å². The van der Waals surface area contributed by atoms with E-state index >= 15 is 0 Å². The van der Waals surface area contributed by atoms with Crippen LogP contribution in [0.3, 0.4) is 0 Å². The number of nitrogens with zero attached hydrogens (tertiary/aromatic N) is 1. The van der Waals surface area contributed by atoms with Crippen LogP contribution in [0.4, 0.5) is 0 Å². The first-order valence-electron chi connectivity index (χ1n) is 10.1. The predicted octanol–water partition coefficient (Wildman–Crippen LogP) is 4.75. The van der Waals surface area contributed by atoms with Gasteiger partial charge in [0, 0.05) is 34.1 Å². The van der Waals surface area contributed by atoms with Gasteiger partial charge in [-0.15, -0.1) is 0 Å². The van der Waals surface area contributed by atoms with E-state index in [2.05, 4.69) is 31.8 Å². The monoisotopic (exact) mass is 479 g/mol. The third kappa shape index (κ3) is 4.77. The normalized spacial score (nSPS) is 14.2. The number of rotatable bonds is 5. The molecule has 0 bridgehead atoms. The largest absolute Gasteiger partial charge is 0.455 e. The van der Waals surface area contributed by atoms with E-state index in [1.54, 1.807) is 24.3 Å². The van der Waals surface area contributed by atoms with Gasteiger partial charge in [-0.3, -0.25) is 9.59 Å². The summed E-state index contributed by atoms with van der Waals surface area (Å²) in [5.41, 5.74) is 6.48. The number of carbonyl (C=O) groups excluding carboxylic acids is 2. The summed E-state index contributed by atoms with van der Waals surface area (Å²) in [7, 11) is 0. The Morgan fingerprint density at radius 1 is 1.03 bits per heavy atom. The number of nitrogens with one attached hydrogen (secondary N) is 2. The Kier molecular flexibility index (Phi) is 6.32. The molecule has 3 aromatic rings. The smallest absolute Gasteiger partial charge is 0.287 e. The van der Waals surface area contributed by atoms with Crippen LogP contribution in [0.5, 0.6) is 0 Å². The lowest BCUT2D eigenvalue weighted by molar-refractivity contribution is 0.0919. The minimum absolute atomic E-state index is 0.256. The van der Waals surface area contributed by atoms with Crippen LogP contribution in [0.25, 0.3) is 0 Å². The molecule has 2 aromatic carbocycles. The Hall–Kier alpha value is -3.19. The molecule has 0 saturated heterocycles. The van der Waals surface area contributed by atoms with E-state index in [1.807, 2.05) is 37.3 Å². The van der Waals surface area contributed by atoms with Crippen molar-refractivity contribution in [2.45, 2.75) is 32.7 Å². The summed E-state index contributed by atoms with van der Waals surface area (Å²) in [6.45, 7) is 2.28. The summed E-state index contributed by atoms with van der Waals surface area (Å²) in [6, 6.07) is 16.8. The summed E-state index contributed by atoms with van der Waals surface area (Å²) in [5.74, 6) is 0.503. The molecule has 31 heavy (non-hydrogen) atoms. The van der Waals surface area contributed by atoms with Gasteiger partial charge in [-0.05, 0) is 49.6 Å². The van der Waals surface area contributed by atoms with Crippen LogP contribution in [0, 0.1) is 6.92 Å². The molecule has 0 saturated carbocycles. The third-order valence-corrected chi connectivity index (χ3v) is 5.76. The van der Waals surface area contributed by atoms with Crippen molar-refractivity contribution in [3.63, 3.8) is 0 Å². The Labute approximate surface area is 188 Å². The first-order valence-corrected chi connectivity index (χ1v) is 10.9. The van der Waals surface area contributed by atoms with E-state index in [-0.39, 0.29) is 11.8 Å². The van der Waals surface area contributed by atoms with E-state index in [4.69, 9.17) is 4.42 Å². The lowest BCUT2D eigenvalue weighted by Crippen LogP contribution is -2.23. The third-order valence-electron chi connectivity index (χ3n) is 5.23. The minimum atomic E-state index is -0.283. The summed E-state index contributed by atoms with van der Waals surface area (Å²) in [4.78, 5) is 25.1. The number of amides is 2. The molecule has 2 N–H and O–H groups in total. The number of aryl methyl sites for hydroxylation is 1. The maximum atomic E-state index is 12.7. The highest BCUT2D eigenvalue weighted by Crippen LogP contribution is 2.30. The highest BCUT2D eigenvalue weighted by Gasteiger charge is 2.28. The standard InChI is InChI=1S/C24H22BrN3O3/c1-15-21-19(27-28-23(29)17-10-12-18(25)13-11-17)8-5-9-20(21)31-22(15)24(30)26-14-16-6-3-2-4-7-16/h2-4,6-7,10-13H,5,8-9,14H2,1H3,(H,26,30)(H,28,29)/b27-19+.